The van der Waals surface area contributed by atoms with Gasteiger partial charge in [-0.15, -0.1) is 0 Å². The van der Waals surface area contributed by atoms with Gasteiger partial charge in [-0.05, 0) is 22.4 Å². The monoisotopic (exact) mass is 271 g/mol. The zero-order chi connectivity index (χ0) is 11.3. The smallest absolute Gasteiger partial charge is 0.0773 e. The molecule has 1 aromatic rings. The second kappa shape index (κ2) is 5.95. The molecule has 0 fully saturated rings. The molecule has 1 rings (SSSR count). The van der Waals surface area contributed by atoms with Crippen molar-refractivity contribution in [1.82, 2.24) is 4.98 Å². The first kappa shape index (κ1) is 12.3. The van der Waals surface area contributed by atoms with Crippen molar-refractivity contribution in [3.8, 4) is 0 Å². The van der Waals surface area contributed by atoms with Gasteiger partial charge in [-0.25, -0.2) is 0 Å². The van der Waals surface area contributed by atoms with Crippen LogP contribution in [0.1, 0.15) is 26.2 Å². The molecule has 0 atom stereocenters. The molecule has 0 spiro atoms. The maximum absolute atomic E-state index is 5.89. The Labute approximate surface area is 99.8 Å². The average molecular weight is 272 g/mol. The first-order valence-electron chi connectivity index (χ1n) is 5.27. The molecular formula is C11H18BrN3. The lowest BCUT2D eigenvalue weighted by atomic mass is 10.2. The average Bonchev–Trinajstić information content (AvgIpc) is 2.18. The molecular weight excluding hydrogens is 254 g/mol. The van der Waals surface area contributed by atoms with Crippen molar-refractivity contribution >= 4 is 27.3 Å². The van der Waals surface area contributed by atoms with Crippen molar-refractivity contribution in [2.45, 2.75) is 26.2 Å². The van der Waals surface area contributed by atoms with E-state index in [0.717, 1.165) is 22.4 Å². The van der Waals surface area contributed by atoms with Gasteiger partial charge in [0.1, 0.15) is 0 Å². The van der Waals surface area contributed by atoms with E-state index in [1.807, 2.05) is 0 Å². The predicted molar refractivity (Wildman–Crippen MR) is 69.1 cm³/mol. The highest BCUT2D eigenvalue weighted by molar-refractivity contribution is 9.10. The van der Waals surface area contributed by atoms with Crippen molar-refractivity contribution < 1.29 is 0 Å². The minimum atomic E-state index is 0.725. The molecule has 0 aliphatic rings. The van der Waals surface area contributed by atoms with Crippen LogP contribution in [0.4, 0.5) is 11.4 Å². The van der Waals surface area contributed by atoms with Crippen LogP contribution in [0.2, 0.25) is 0 Å². The molecule has 0 amide bonds. The number of pyridine rings is 1. The van der Waals surface area contributed by atoms with E-state index in [-0.39, 0.29) is 0 Å². The first-order valence-corrected chi connectivity index (χ1v) is 6.06. The number of nitrogen functional groups attached to an aromatic ring is 1. The van der Waals surface area contributed by atoms with Crippen molar-refractivity contribution in [2.24, 2.45) is 0 Å². The molecule has 0 aliphatic heterocycles. The summed E-state index contributed by atoms with van der Waals surface area (Å²) in [5, 5.41) is 0. The van der Waals surface area contributed by atoms with Gasteiger partial charge < -0.3 is 10.6 Å². The summed E-state index contributed by atoms with van der Waals surface area (Å²) in [6, 6.07) is 0. The highest BCUT2D eigenvalue weighted by Gasteiger charge is 2.09. The second-order valence-corrected chi connectivity index (χ2v) is 4.54. The predicted octanol–water partition coefficient (Wildman–Crippen LogP) is 3.05. The van der Waals surface area contributed by atoms with Crippen LogP contribution in [-0.4, -0.2) is 18.6 Å². The Morgan fingerprint density at radius 3 is 2.73 bits per heavy atom. The van der Waals surface area contributed by atoms with Gasteiger partial charge in [0.15, 0.2) is 0 Å². The minimum absolute atomic E-state index is 0.725. The fourth-order valence-electron chi connectivity index (χ4n) is 1.56. The standard InChI is InChI=1S/C11H18BrN3/c1-3-4-5-6-15(2)11-9(12)7-14-8-10(11)13/h7-8H,3-6,13H2,1-2H3. The number of unbranched alkanes of at least 4 members (excludes halogenated alkanes) is 2. The van der Waals surface area contributed by atoms with Crippen molar-refractivity contribution in [3.63, 3.8) is 0 Å². The molecule has 15 heavy (non-hydrogen) atoms. The van der Waals surface area contributed by atoms with Crippen molar-refractivity contribution in [1.29, 1.82) is 0 Å². The molecule has 84 valence electrons. The van der Waals surface area contributed by atoms with E-state index in [0.29, 0.717) is 0 Å². The molecule has 0 saturated heterocycles. The number of anilines is 2. The Kier molecular flexibility index (Phi) is 4.88. The fourth-order valence-corrected chi connectivity index (χ4v) is 2.21. The maximum Gasteiger partial charge on any atom is 0.0773 e. The van der Waals surface area contributed by atoms with Gasteiger partial charge >= 0.3 is 0 Å². The molecule has 0 saturated carbocycles. The third-order valence-corrected chi connectivity index (χ3v) is 2.96. The van der Waals surface area contributed by atoms with E-state index < -0.39 is 0 Å². The van der Waals surface area contributed by atoms with Crippen LogP contribution in [0.25, 0.3) is 0 Å². The van der Waals surface area contributed by atoms with E-state index in [2.05, 4.69) is 39.8 Å². The summed E-state index contributed by atoms with van der Waals surface area (Å²) in [5.74, 6) is 0. The molecule has 0 aromatic carbocycles. The Morgan fingerprint density at radius 1 is 1.40 bits per heavy atom. The highest BCUT2D eigenvalue weighted by Crippen LogP contribution is 2.30. The largest absolute Gasteiger partial charge is 0.396 e. The molecule has 1 heterocycles. The van der Waals surface area contributed by atoms with Crippen molar-refractivity contribution in [3.05, 3.63) is 16.9 Å². The van der Waals surface area contributed by atoms with Gasteiger partial charge in [0.2, 0.25) is 0 Å². The van der Waals surface area contributed by atoms with Gasteiger partial charge in [-0.3, -0.25) is 4.98 Å². The lowest BCUT2D eigenvalue weighted by Gasteiger charge is -2.21. The number of aromatic nitrogens is 1. The molecule has 0 aliphatic carbocycles. The molecule has 0 radical (unpaired) electrons. The van der Waals surface area contributed by atoms with Crippen LogP contribution in [-0.2, 0) is 0 Å². The van der Waals surface area contributed by atoms with Crippen LogP contribution in [0.5, 0.6) is 0 Å². The summed E-state index contributed by atoms with van der Waals surface area (Å²) in [7, 11) is 2.06. The zero-order valence-electron chi connectivity index (χ0n) is 9.33. The lowest BCUT2D eigenvalue weighted by Crippen LogP contribution is -2.20. The van der Waals surface area contributed by atoms with Crippen LogP contribution < -0.4 is 10.6 Å². The molecule has 3 nitrogen and oxygen atoms in total. The van der Waals surface area contributed by atoms with Gasteiger partial charge in [-0.1, -0.05) is 19.8 Å². The molecule has 4 heteroatoms. The SMILES string of the molecule is CCCCCN(C)c1c(N)cncc1Br. The minimum Gasteiger partial charge on any atom is -0.396 e. The third kappa shape index (κ3) is 3.38. The summed E-state index contributed by atoms with van der Waals surface area (Å²) in [5.41, 5.74) is 7.66. The van der Waals surface area contributed by atoms with Gasteiger partial charge in [0, 0.05) is 19.8 Å². The van der Waals surface area contributed by atoms with Gasteiger partial charge in [0.25, 0.3) is 0 Å². The fraction of sp³-hybridized carbons (Fsp3) is 0.545. The molecule has 2 N–H and O–H groups in total. The number of rotatable bonds is 5. The number of nitrogens with two attached hydrogens (primary N) is 1. The van der Waals surface area contributed by atoms with Crippen LogP contribution >= 0.6 is 15.9 Å². The molecule has 0 bridgehead atoms. The Balaban J connectivity index is 2.68. The zero-order valence-corrected chi connectivity index (χ0v) is 10.9. The number of nitrogens with zero attached hydrogens (tertiary/aromatic N) is 2. The number of halogens is 1. The van der Waals surface area contributed by atoms with Gasteiger partial charge in [0.05, 0.1) is 22.0 Å². The summed E-state index contributed by atoms with van der Waals surface area (Å²) in [6.45, 7) is 3.23. The van der Waals surface area contributed by atoms with E-state index in [1.54, 1.807) is 12.4 Å². The quantitative estimate of drug-likeness (QED) is 0.838. The topological polar surface area (TPSA) is 42.1 Å². The Morgan fingerprint density at radius 2 is 2.13 bits per heavy atom. The number of hydrogen-bond acceptors (Lipinski definition) is 3. The van der Waals surface area contributed by atoms with Crippen LogP contribution in [0.15, 0.2) is 16.9 Å². The van der Waals surface area contributed by atoms with Crippen molar-refractivity contribution in [2.75, 3.05) is 24.2 Å². The second-order valence-electron chi connectivity index (χ2n) is 3.69. The molecule has 1 aromatic heterocycles. The summed E-state index contributed by atoms with van der Waals surface area (Å²) in [6.07, 6.45) is 7.16. The third-order valence-electron chi connectivity index (χ3n) is 2.38. The van der Waals surface area contributed by atoms with E-state index in [9.17, 15) is 0 Å². The first-order chi connectivity index (χ1) is 7.16. The lowest BCUT2D eigenvalue weighted by molar-refractivity contribution is 0.705. The maximum atomic E-state index is 5.89. The van der Waals surface area contributed by atoms with Gasteiger partial charge in [-0.2, -0.15) is 0 Å². The van der Waals surface area contributed by atoms with E-state index >= 15 is 0 Å². The summed E-state index contributed by atoms with van der Waals surface area (Å²) >= 11 is 3.47. The van der Waals surface area contributed by atoms with E-state index in [1.165, 1.54) is 19.3 Å². The molecule has 0 unspecified atom stereocenters. The van der Waals surface area contributed by atoms with Crippen LogP contribution in [0.3, 0.4) is 0 Å². The highest BCUT2D eigenvalue weighted by atomic mass is 79.9. The van der Waals surface area contributed by atoms with E-state index in [4.69, 9.17) is 5.73 Å². The summed E-state index contributed by atoms with van der Waals surface area (Å²) < 4.78 is 0.960. The normalized spacial score (nSPS) is 10.3. The number of hydrogen-bond donors (Lipinski definition) is 1. The van der Waals surface area contributed by atoms with Crippen LogP contribution in [0, 0.1) is 0 Å². The Hall–Kier alpha value is -0.770. The Bertz CT molecular complexity index is 294. The summed E-state index contributed by atoms with van der Waals surface area (Å²) in [4.78, 5) is 6.20.